The molecule has 1 aromatic heterocycles. The number of aromatic nitrogens is 1. The Bertz CT molecular complexity index is 650. The van der Waals surface area contributed by atoms with Gasteiger partial charge in [-0.3, -0.25) is 14.5 Å². The van der Waals surface area contributed by atoms with Gasteiger partial charge in [-0.2, -0.15) is 0 Å². The van der Waals surface area contributed by atoms with Gasteiger partial charge in [0.25, 0.3) is 11.8 Å². The summed E-state index contributed by atoms with van der Waals surface area (Å²) in [5, 5.41) is 0.342. The maximum Gasteiger partial charge on any atom is 0.261 e. The number of nitrogens with zero attached hydrogens (tertiary/aromatic N) is 2. The van der Waals surface area contributed by atoms with E-state index in [9.17, 15) is 9.59 Å². The average molecular weight is 273 g/mol. The minimum Gasteiger partial charge on any atom is -0.269 e. The Labute approximate surface area is 114 Å². The predicted octanol–water partition coefficient (Wildman–Crippen LogP) is 2.53. The first kappa shape index (κ1) is 11.9. The third kappa shape index (κ3) is 2.00. The second-order valence-electron chi connectivity index (χ2n) is 4.19. The Morgan fingerprint density at radius 2 is 1.58 bits per heavy atom. The van der Waals surface area contributed by atoms with E-state index in [0.29, 0.717) is 22.0 Å². The van der Waals surface area contributed by atoms with Gasteiger partial charge in [-0.25, -0.2) is 4.98 Å². The van der Waals surface area contributed by atoms with Gasteiger partial charge in [0, 0.05) is 0 Å². The normalized spacial score (nSPS) is 13.8. The number of pyridine rings is 1. The summed E-state index contributed by atoms with van der Waals surface area (Å²) in [6, 6.07) is 11.9. The zero-order chi connectivity index (χ0) is 13.4. The summed E-state index contributed by atoms with van der Waals surface area (Å²) in [5.41, 5.74) is 1.46. The predicted molar refractivity (Wildman–Crippen MR) is 69.9 cm³/mol. The lowest BCUT2D eigenvalue weighted by Crippen LogP contribution is -2.29. The summed E-state index contributed by atoms with van der Waals surface area (Å²) in [5.74, 6) is -0.579. The largest absolute Gasteiger partial charge is 0.269 e. The van der Waals surface area contributed by atoms with Crippen LogP contribution in [0.4, 0.5) is 0 Å². The summed E-state index contributed by atoms with van der Waals surface area (Å²) in [6.45, 7) is 0.132. The quantitative estimate of drug-likeness (QED) is 0.623. The van der Waals surface area contributed by atoms with Gasteiger partial charge in [0.15, 0.2) is 0 Å². The van der Waals surface area contributed by atoms with E-state index in [1.54, 1.807) is 42.5 Å². The van der Waals surface area contributed by atoms with Gasteiger partial charge in [-0.05, 0) is 24.3 Å². The number of carbonyl (C=O) groups excluding carboxylic acids is 2. The molecule has 4 nitrogen and oxygen atoms in total. The molecule has 0 saturated carbocycles. The number of amides is 2. The third-order valence-corrected chi connectivity index (χ3v) is 3.18. The Morgan fingerprint density at radius 3 is 2.16 bits per heavy atom. The molecule has 0 bridgehead atoms. The van der Waals surface area contributed by atoms with Crippen molar-refractivity contribution in [3.63, 3.8) is 0 Å². The van der Waals surface area contributed by atoms with E-state index in [2.05, 4.69) is 4.98 Å². The summed E-state index contributed by atoms with van der Waals surface area (Å²) >= 11 is 5.79. The molecule has 0 aliphatic carbocycles. The van der Waals surface area contributed by atoms with Gasteiger partial charge in [0.2, 0.25) is 0 Å². The van der Waals surface area contributed by atoms with Crippen molar-refractivity contribution in [1.29, 1.82) is 0 Å². The van der Waals surface area contributed by atoms with Crippen LogP contribution in [0.15, 0.2) is 42.5 Å². The van der Waals surface area contributed by atoms with Gasteiger partial charge in [-0.1, -0.05) is 29.8 Å². The lowest BCUT2D eigenvalue weighted by Gasteiger charge is -2.13. The number of rotatable bonds is 2. The molecule has 0 atom stereocenters. The number of hydrogen-bond acceptors (Lipinski definition) is 3. The van der Waals surface area contributed by atoms with Crippen LogP contribution in [0.3, 0.4) is 0 Å². The summed E-state index contributed by atoms with van der Waals surface area (Å²) in [4.78, 5) is 29.6. The van der Waals surface area contributed by atoms with E-state index in [-0.39, 0.29) is 18.4 Å². The first-order valence-corrected chi connectivity index (χ1v) is 6.11. The highest BCUT2D eigenvalue weighted by molar-refractivity contribution is 6.29. The molecule has 1 aromatic carbocycles. The molecule has 3 rings (SSSR count). The molecule has 0 spiro atoms. The van der Waals surface area contributed by atoms with Gasteiger partial charge >= 0.3 is 0 Å². The molecule has 0 unspecified atom stereocenters. The Balaban J connectivity index is 1.92. The van der Waals surface area contributed by atoms with E-state index in [4.69, 9.17) is 11.6 Å². The molecule has 0 fully saturated rings. The van der Waals surface area contributed by atoms with Crippen molar-refractivity contribution >= 4 is 23.4 Å². The van der Waals surface area contributed by atoms with Crippen LogP contribution in [-0.2, 0) is 6.54 Å². The van der Waals surface area contributed by atoms with E-state index in [1.165, 1.54) is 4.90 Å². The molecule has 1 aliphatic heterocycles. The lowest BCUT2D eigenvalue weighted by atomic mass is 10.1. The van der Waals surface area contributed by atoms with E-state index in [1.807, 2.05) is 0 Å². The minimum absolute atomic E-state index is 0.132. The van der Waals surface area contributed by atoms with Crippen LogP contribution in [0.2, 0.25) is 5.15 Å². The van der Waals surface area contributed by atoms with E-state index < -0.39 is 0 Å². The summed E-state index contributed by atoms with van der Waals surface area (Å²) in [7, 11) is 0. The monoisotopic (exact) mass is 272 g/mol. The van der Waals surface area contributed by atoms with Crippen molar-refractivity contribution in [1.82, 2.24) is 9.88 Å². The molecule has 2 heterocycles. The molecule has 19 heavy (non-hydrogen) atoms. The number of carbonyl (C=O) groups is 2. The van der Waals surface area contributed by atoms with Gasteiger partial charge in [0.1, 0.15) is 5.15 Å². The summed E-state index contributed by atoms with van der Waals surface area (Å²) < 4.78 is 0. The van der Waals surface area contributed by atoms with Gasteiger partial charge < -0.3 is 0 Å². The third-order valence-electron chi connectivity index (χ3n) is 2.97. The maximum atomic E-state index is 12.1. The van der Waals surface area contributed by atoms with Crippen molar-refractivity contribution in [3.8, 4) is 0 Å². The smallest absolute Gasteiger partial charge is 0.261 e. The van der Waals surface area contributed by atoms with Gasteiger partial charge in [-0.15, -0.1) is 0 Å². The highest BCUT2D eigenvalue weighted by Crippen LogP contribution is 2.23. The van der Waals surface area contributed by atoms with Crippen molar-refractivity contribution in [2.45, 2.75) is 6.54 Å². The van der Waals surface area contributed by atoms with Crippen LogP contribution >= 0.6 is 11.6 Å². The minimum atomic E-state index is -0.289. The van der Waals surface area contributed by atoms with Crippen LogP contribution in [0.25, 0.3) is 0 Å². The molecular formula is C14H9ClN2O2. The molecule has 94 valence electrons. The second-order valence-corrected chi connectivity index (χ2v) is 4.58. The second kappa shape index (κ2) is 4.48. The Morgan fingerprint density at radius 1 is 0.947 bits per heavy atom. The summed E-state index contributed by atoms with van der Waals surface area (Å²) in [6.07, 6.45) is 0. The fourth-order valence-electron chi connectivity index (χ4n) is 2.08. The van der Waals surface area contributed by atoms with Crippen molar-refractivity contribution < 1.29 is 9.59 Å². The average Bonchev–Trinajstić information content (AvgIpc) is 2.65. The molecule has 1 aliphatic rings. The molecule has 2 aromatic rings. The van der Waals surface area contributed by atoms with Crippen LogP contribution < -0.4 is 0 Å². The first-order valence-electron chi connectivity index (χ1n) is 5.73. The van der Waals surface area contributed by atoms with Crippen molar-refractivity contribution in [3.05, 3.63) is 64.4 Å². The number of fused-ring (bicyclic) bond motifs is 1. The number of imide groups is 1. The van der Waals surface area contributed by atoms with E-state index in [0.717, 1.165) is 0 Å². The van der Waals surface area contributed by atoms with Crippen LogP contribution in [0, 0.1) is 0 Å². The molecular weight excluding hydrogens is 264 g/mol. The first-order chi connectivity index (χ1) is 9.16. The highest BCUT2D eigenvalue weighted by atomic mass is 35.5. The van der Waals surface area contributed by atoms with Crippen LogP contribution in [-0.4, -0.2) is 21.7 Å². The van der Waals surface area contributed by atoms with Crippen molar-refractivity contribution in [2.24, 2.45) is 0 Å². The Kier molecular flexibility index (Phi) is 2.80. The Hall–Kier alpha value is -2.20. The number of hydrogen-bond donors (Lipinski definition) is 0. The topological polar surface area (TPSA) is 50.3 Å². The zero-order valence-corrected chi connectivity index (χ0v) is 10.6. The molecule has 0 saturated heterocycles. The number of halogens is 1. The lowest BCUT2D eigenvalue weighted by molar-refractivity contribution is 0.0640. The highest BCUT2D eigenvalue weighted by Gasteiger charge is 2.35. The zero-order valence-electron chi connectivity index (χ0n) is 9.84. The van der Waals surface area contributed by atoms with Gasteiger partial charge in [0.05, 0.1) is 23.4 Å². The SMILES string of the molecule is O=C1c2ccccc2C(=O)N1Cc1cccc(Cl)n1. The molecule has 2 amide bonds. The van der Waals surface area contributed by atoms with Crippen molar-refractivity contribution in [2.75, 3.05) is 0 Å². The maximum absolute atomic E-state index is 12.1. The molecule has 0 N–H and O–H groups in total. The molecule has 0 radical (unpaired) electrons. The van der Waals surface area contributed by atoms with Crippen LogP contribution in [0.1, 0.15) is 26.4 Å². The number of benzene rings is 1. The van der Waals surface area contributed by atoms with Crippen LogP contribution in [0.5, 0.6) is 0 Å². The van der Waals surface area contributed by atoms with E-state index >= 15 is 0 Å². The fourth-order valence-corrected chi connectivity index (χ4v) is 2.26. The fraction of sp³-hybridized carbons (Fsp3) is 0.0714. The molecule has 5 heteroatoms. The standard InChI is InChI=1S/C14H9ClN2O2/c15-12-7-3-4-9(16-12)8-17-13(18)10-5-1-2-6-11(10)14(17)19/h1-7H,8H2.